The molecular weight excluding hydrogens is 376 g/mol. The zero-order valence-electron chi connectivity index (χ0n) is 15.8. The summed E-state index contributed by atoms with van der Waals surface area (Å²) in [5, 5.41) is 0. The Morgan fingerprint density at radius 1 is 1.07 bits per heavy atom. The number of rotatable bonds is 7. The Hall–Kier alpha value is -3.88. The quantitative estimate of drug-likeness (QED) is 0.453. The largest absolute Gasteiger partial charge is 0.453 e. The molecule has 0 saturated heterocycles. The molecule has 9 nitrogen and oxygen atoms in total. The van der Waals surface area contributed by atoms with E-state index < -0.39 is 29.6 Å². The molecule has 0 aliphatic carbocycles. The minimum atomic E-state index is -0.805. The van der Waals surface area contributed by atoms with Crippen LogP contribution in [0.15, 0.2) is 58.3 Å². The number of hydrogen-bond acceptors (Lipinski definition) is 6. The van der Waals surface area contributed by atoms with Crippen molar-refractivity contribution in [3.8, 4) is 0 Å². The van der Waals surface area contributed by atoms with E-state index in [4.69, 9.17) is 10.5 Å². The number of anilines is 1. The third kappa shape index (κ3) is 4.03. The maximum absolute atomic E-state index is 12.7. The molecule has 9 heteroatoms. The summed E-state index contributed by atoms with van der Waals surface area (Å²) in [4.78, 5) is 52.6. The van der Waals surface area contributed by atoms with Crippen LogP contribution in [-0.2, 0) is 17.8 Å². The number of aromatic amines is 1. The first kappa shape index (κ1) is 19.9. The van der Waals surface area contributed by atoms with Crippen LogP contribution in [0.4, 0.5) is 5.82 Å². The van der Waals surface area contributed by atoms with Crippen molar-refractivity contribution < 1.29 is 14.3 Å². The molecule has 150 valence electrons. The fourth-order valence-electron chi connectivity index (χ4n) is 2.91. The van der Waals surface area contributed by atoms with Gasteiger partial charge < -0.3 is 15.5 Å². The van der Waals surface area contributed by atoms with Gasteiger partial charge in [-0.2, -0.15) is 0 Å². The van der Waals surface area contributed by atoms with Crippen molar-refractivity contribution in [3.05, 3.63) is 86.3 Å². The molecule has 0 radical (unpaired) electrons. The van der Waals surface area contributed by atoms with Crippen molar-refractivity contribution in [1.82, 2.24) is 14.1 Å². The summed E-state index contributed by atoms with van der Waals surface area (Å²) in [6.07, 6.45) is 1.54. The van der Waals surface area contributed by atoms with Crippen LogP contribution in [0.25, 0.3) is 0 Å². The SMILES string of the molecule is CCn1c(=O)c(C(=O)COC(=O)c2ccc[nH]2)c(N)n(Cc2ccccc2)c1=O. The average molecular weight is 396 g/mol. The lowest BCUT2D eigenvalue weighted by atomic mass is 10.2. The van der Waals surface area contributed by atoms with Gasteiger partial charge in [-0.25, -0.2) is 9.59 Å². The van der Waals surface area contributed by atoms with Gasteiger partial charge >= 0.3 is 11.7 Å². The Balaban J connectivity index is 1.96. The third-order valence-electron chi connectivity index (χ3n) is 4.40. The Kier molecular flexibility index (Phi) is 5.77. The van der Waals surface area contributed by atoms with Gasteiger partial charge in [0.1, 0.15) is 17.1 Å². The molecule has 0 aliphatic heterocycles. The number of nitrogens with zero attached hydrogens (tertiary/aromatic N) is 2. The van der Waals surface area contributed by atoms with Gasteiger partial charge in [0.25, 0.3) is 5.56 Å². The first-order valence-electron chi connectivity index (χ1n) is 8.94. The predicted octanol–water partition coefficient (Wildman–Crippen LogP) is 1.03. The van der Waals surface area contributed by atoms with Gasteiger partial charge in [0.2, 0.25) is 5.78 Å². The topological polar surface area (TPSA) is 129 Å². The Bertz CT molecular complexity index is 1140. The van der Waals surface area contributed by atoms with Crippen molar-refractivity contribution in [2.75, 3.05) is 12.3 Å². The Morgan fingerprint density at radius 2 is 1.79 bits per heavy atom. The van der Waals surface area contributed by atoms with E-state index in [2.05, 4.69) is 4.98 Å². The van der Waals surface area contributed by atoms with E-state index in [0.29, 0.717) is 0 Å². The van der Waals surface area contributed by atoms with Gasteiger partial charge in [-0.05, 0) is 24.6 Å². The number of ketones is 1. The van der Waals surface area contributed by atoms with Gasteiger partial charge in [-0.1, -0.05) is 30.3 Å². The number of nitrogen functional groups attached to an aromatic ring is 1. The minimum Gasteiger partial charge on any atom is -0.453 e. The Labute approximate surface area is 165 Å². The first-order chi connectivity index (χ1) is 13.9. The summed E-state index contributed by atoms with van der Waals surface area (Å²) in [5.74, 6) is -1.78. The number of esters is 1. The molecule has 0 bridgehead atoms. The molecule has 2 heterocycles. The van der Waals surface area contributed by atoms with E-state index in [-0.39, 0.29) is 30.2 Å². The monoisotopic (exact) mass is 396 g/mol. The van der Waals surface area contributed by atoms with Crippen molar-refractivity contribution in [2.24, 2.45) is 0 Å². The summed E-state index contributed by atoms with van der Waals surface area (Å²) in [7, 11) is 0. The molecule has 1 aromatic carbocycles. The number of Topliss-reactive ketones (excluding diaryl/α,β-unsaturated/α-hetero) is 1. The summed E-state index contributed by atoms with van der Waals surface area (Å²) in [6.45, 7) is 1.10. The van der Waals surface area contributed by atoms with Crippen molar-refractivity contribution in [2.45, 2.75) is 20.0 Å². The predicted molar refractivity (Wildman–Crippen MR) is 106 cm³/mol. The second-order valence-corrected chi connectivity index (χ2v) is 6.25. The number of benzene rings is 1. The minimum absolute atomic E-state index is 0.0648. The van der Waals surface area contributed by atoms with Gasteiger partial charge in [0.05, 0.1) is 6.54 Å². The van der Waals surface area contributed by atoms with Crippen molar-refractivity contribution in [3.63, 3.8) is 0 Å². The summed E-state index contributed by atoms with van der Waals surface area (Å²) in [6, 6.07) is 12.1. The molecule has 0 saturated carbocycles. The van der Waals surface area contributed by atoms with E-state index >= 15 is 0 Å². The number of nitrogens with two attached hydrogens (primary N) is 1. The molecule has 0 amide bonds. The molecule has 3 N–H and O–H groups in total. The lowest BCUT2D eigenvalue weighted by Crippen LogP contribution is -2.44. The second-order valence-electron chi connectivity index (χ2n) is 6.25. The smallest absolute Gasteiger partial charge is 0.355 e. The highest BCUT2D eigenvalue weighted by atomic mass is 16.5. The number of H-pyrrole nitrogens is 1. The average Bonchev–Trinajstić information content (AvgIpc) is 3.25. The second kappa shape index (κ2) is 8.42. The molecule has 3 aromatic rings. The molecule has 0 spiro atoms. The number of aromatic nitrogens is 3. The molecule has 0 aliphatic rings. The van der Waals surface area contributed by atoms with Crippen molar-refractivity contribution >= 4 is 17.6 Å². The van der Waals surface area contributed by atoms with E-state index in [9.17, 15) is 19.2 Å². The number of hydrogen-bond donors (Lipinski definition) is 2. The lowest BCUT2D eigenvalue weighted by molar-refractivity contribution is 0.0469. The van der Waals surface area contributed by atoms with Crippen LogP contribution in [0.1, 0.15) is 33.3 Å². The summed E-state index contributed by atoms with van der Waals surface area (Å²) in [5.41, 5.74) is 5.20. The van der Waals surface area contributed by atoms with E-state index in [1.165, 1.54) is 16.8 Å². The zero-order chi connectivity index (χ0) is 21.0. The molecule has 0 atom stereocenters. The van der Waals surface area contributed by atoms with Crippen LogP contribution in [-0.4, -0.2) is 32.5 Å². The Morgan fingerprint density at radius 3 is 2.41 bits per heavy atom. The molecule has 0 fully saturated rings. The van der Waals surface area contributed by atoms with Crippen molar-refractivity contribution in [1.29, 1.82) is 0 Å². The number of nitrogens with one attached hydrogen (secondary N) is 1. The van der Waals surface area contributed by atoms with Gasteiger partial charge in [-0.3, -0.25) is 18.7 Å². The van der Waals surface area contributed by atoms with Crippen LogP contribution < -0.4 is 17.0 Å². The standard InChI is InChI=1S/C20H20N4O5/c1-2-23-18(26)16(15(25)12-29-19(27)14-9-6-10-22-14)17(21)24(20(23)28)11-13-7-4-3-5-8-13/h3-10,22H,2,11-12,21H2,1H3. The summed E-state index contributed by atoms with van der Waals surface area (Å²) >= 11 is 0. The molecule has 29 heavy (non-hydrogen) atoms. The van der Waals surface area contributed by atoms with Crippen LogP contribution in [0.2, 0.25) is 0 Å². The van der Waals surface area contributed by atoms with Crippen LogP contribution >= 0.6 is 0 Å². The number of ether oxygens (including phenoxy) is 1. The lowest BCUT2D eigenvalue weighted by Gasteiger charge is -2.15. The van der Waals surface area contributed by atoms with Crippen LogP contribution in [0.5, 0.6) is 0 Å². The van der Waals surface area contributed by atoms with Gasteiger partial charge in [-0.15, -0.1) is 0 Å². The zero-order valence-corrected chi connectivity index (χ0v) is 15.8. The van der Waals surface area contributed by atoms with Gasteiger partial charge in [0.15, 0.2) is 6.61 Å². The van der Waals surface area contributed by atoms with Crippen LogP contribution in [0.3, 0.4) is 0 Å². The van der Waals surface area contributed by atoms with Gasteiger partial charge in [0, 0.05) is 12.7 Å². The maximum Gasteiger partial charge on any atom is 0.355 e. The fraction of sp³-hybridized carbons (Fsp3) is 0.200. The van der Waals surface area contributed by atoms with Crippen LogP contribution in [0, 0.1) is 0 Å². The van der Waals surface area contributed by atoms with E-state index in [1.54, 1.807) is 37.3 Å². The highest BCUT2D eigenvalue weighted by molar-refractivity contribution is 6.02. The first-order valence-corrected chi connectivity index (χ1v) is 8.94. The van der Waals surface area contributed by atoms with E-state index in [1.807, 2.05) is 6.07 Å². The number of carbonyl (C=O) groups is 2. The highest BCUT2D eigenvalue weighted by Crippen LogP contribution is 2.10. The highest BCUT2D eigenvalue weighted by Gasteiger charge is 2.23. The molecule has 0 unspecified atom stereocenters. The summed E-state index contributed by atoms with van der Waals surface area (Å²) < 4.78 is 7.06. The molecule has 3 rings (SSSR count). The third-order valence-corrected chi connectivity index (χ3v) is 4.40. The maximum atomic E-state index is 12.7. The van der Waals surface area contributed by atoms with E-state index in [0.717, 1.165) is 10.1 Å². The fourth-order valence-corrected chi connectivity index (χ4v) is 2.91. The molecule has 2 aromatic heterocycles. The number of carbonyl (C=O) groups excluding carboxylic acids is 2. The normalized spacial score (nSPS) is 10.7. The molecular formula is C20H20N4O5.